The van der Waals surface area contributed by atoms with Crippen molar-refractivity contribution in [2.45, 2.75) is 17.9 Å². The molecule has 180 valence electrons. The number of rotatable bonds is 10. The fraction of sp³-hybridized carbons (Fsp3) is 0.240. The number of carbonyl (C=O) groups excluding carboxylic acids is 1. The Balaban J connectivity index is 1.95. The Labute approximate surface area is 200 Å². The van der Waals surface area contributed by atoms with E-state index in [-0.39, 0.29) is 22.4 Å². The van der Waals surface area contributed by atoms with E-state index in [2.05, 4.69) is 5.32 Å². The highest BCUT2D eigenvalue weighted by Crippen LogP contribution is 2.35. The molecule has 1 N–H and O–H groups in total. The van der Waals surface area contributed by atoms with Crippen molar-refractivity contribution in [3.8, 4) is 17.2 Å². The summed E-state index contributed by atoms with van der Waals surface area (Å²) in [6.07, 6.45) is 0. The monoisotopic (exact) mass is 484 g/mol. The molecule has 1 atom stereocenters. The SMILES string of the molecule is COc1ccc([C@H](C)NC(=O)CN(c2cc(OC)ccc2OC)S(=O)(=O)c2ccccc2)cc1. The van der Waals surface area contributed by atoms with E-state index in [0.717, 1.165) is 9.87 Å². The Morgan fingerprint density at radius 2 is 1.50 bits per heavy atom. The van der Waals surface area contributed by atoms with Crippen LogP contribution in [0.2, 0.25) is 0 Å². The van der Waals surface area contributed by atoms with Gasteiger partial charge in [-0.15, -0.1) is 0 Å². The number of amides is 1. The summed E-state index contributed by atoms with van der Waals surface area (Å²) in [7, 11) is 0.394. The first-order valence-electron chi connectivity index (χ1n) is 10.5. The summed E-state index contributed by atoms with van der Waals surface area (Å²) in [4.78, 5) is 13.1. The summed E-state index contributed by atoms with van der Waals surface area (Å²) >= 11 is 0. The quantitative estimate of drug-likeness (QED) is 0.471. The lowest BCUT2D eigenvalue weighted by molar-refractivity contribution is -0.120. The molecule has 0 spiro atoms. The minimum atomic E-state index is -4.10. The Morgan fingerprint density at radius 3 is 2.09 bits per heavy atom. The minimum absolute atomic E-state index is 0.0517. The standard InChI is InChI=1S/C25H28N2O6S/c1-18(19-10-12-20(31-2)13-11-19)26-25(28)17-27(34(29,30)22-8-6-5-7-9-22)23-16-21(32-3)14-15-24(23)33-4/h5-16,18H,17H2,1-4H3,(H,26,28)/t18-/m0/s1. The molecule has 0 unspecified atom stereocenters. The highest BCUT2D eigenvalue weighted by atomic mass is 32.2. The highest BCUT2D eigenvalue weighted by Gasteiger charge is 2.30. The number of hydrogen-bond donors (Lipinski definition) is 1. The van der Waals surface area contributed by atoms with Crippen molar-refractivity contribution in [3.05, 3.63) is 78.4 Å². The van der Waals surface area contributed by atoms with Crippen LogP contribution >= 0.6 is 0 Å². The number of carbonyl (C=O) groups is 1. The van der Waals surface area contributed by atoms with Crippen molar-refractivity contribution in [2.24, 2.45) is 0 Å². The van der Waals surface area contributed by atoms with Crippen LogP contribution in [0.25, 0.3) is 0 Å². The van der Waals surface area contributed by atoms with Crippen molar-refractivity contribution in [1.82, 2.24) is 5.32 Å². The molecule has 0 aliphatic carbocycles. The molecule has 0 aliphatic rings. The lowest BCUT2D eigenvalue weighted by atomic mass is 10.1. The molecule has 0 fully saturated rings. The van der Waals surface area contributed by atoms with Gasteiger partial charge in [0.25, 0.3) is 10.0 Å². The molecule has 34 heavy (non-hydrogen) atoms. The largest absolute Gasteiger partial charge is 0.497 e. The Hall–Kier alpha value is -3.72. The zero-order valence-corrected chi connectivity index (χ0v) is 20.3. The van der Waals surface area contributed by atoms with Gasteiger partial charge in [-0.1, -0.05) is 30.3 Å². The van der Waals surface area contributed by atoms with E-state index >= 15 is 0 Å². The van der Waals surface area contributed by atoms with Gasteiger partial charge in [-0.2, -0.15) is 0 Å². The van der Waals surface area contributed by atoms with Crippen molar-refractivity contribution < 1.29 is 27.4 Å². The fourth-order valence-electron chi connectivity index (χ4n) is 3.40. The summed E-state index contributed by atoms with van der Waals surface area (Å²) in [5, 5.41) is 2.87. The van der Waals surface area contributed by atoms with E-state index in [0.29, 0.717) is 11.5 Å². The van der Waals surface area contributed by atoms with Gasteiger partial charge in [0.2, 0.25) is 5.91 Å². The Bertz CT molecular complexity index is 1210. The minimum Gasteiger partial charge on any atom is -0.497 e. The molecule has 0 aromatic heterocycles. The first-order valence-corrected chi connectivity index (χ1v) is 12.0. The van der Waals surface area contributed by atoms with E-state index in [1.807, 2.05) is 19.1 Å². The predicted octanol–water partition coefficient (Wildman–Crippen LogP) is 3.79. The Morgan fingerprint density at radius 1 is 0.882 bits per heavy atom. The van der Waals surface area contributed by atoms with E-state index in [1.54, 1.807) is 49.6 Å². The van der Waals surface area contributed by atoms with Crippen LogP contribution in [-0.4, -0.2) is 42.2 Å². The zero-order chi connectivity index (χ0) is 24.7. The molecule has 1 amide bonds. The summed E-state index contributed by atoms with van der Waals surface area (Å²) in [5.74, 6) is 0.938. The zero-order valence-electron chi connectivity index (χ0n) is 19.5. The van der Waals surface area contributed by atoms with Gasteiger partial charge in [-0.3, -0.25) is 9.10 Å². The molecule has 9 heteroatoms. The van der Waals surface area contributed by atoms with Gasteiger partial charge in [0.15, 0.2) is 0 Å². The number of ether oxygens (including phenoxy) is 3. The molecule has 8 nitrogen and oxygen atoms in total. The van der Waals surface area contributed by atoms with Crippen molar-refractivity contribution in [2.75, 3.05) is 32.2 Å². The summed E-state index contributed by atoms with van der Waals surface area (Å²) in [6.45, 7) is 1.36. The number of nitrogens with one attached hydrogen (secondary N) is 1. The lowest BCUT2D eigenvalue weighted by Crippen LogP contribution is -2.41. The third-order valence-corrected chi connectivity index (χ3v) is 7.04. The first-order chi connectivity index (χ1) is 16.3. The van der Waals surface area contributed by atoms with Gasteiger partial charge in [0.1, 0.15) is 23.8 Å². The Kier molecular flexibility index (Phi) is 8.01. The van der Waals surface area contributed by atoms with Gasteiger partial charge < -0.3 is 19.5 Å². The number of methoxy groups -OCH3 is 3. The van der Waals surface area contributed by atoms with Crippen LogP contribution < -0.4 is 23.8 Å². The van der Waals surface area contributed by atoms with Gasteiger partial charge in [-0.05, 0) is 48.9 Å². The molecule has 3 rings (SSSR count). The van der Waals surface area contributed by atoms with Gasteiger partial charge in [0, 0.05) is 6.07 Å². The molecule has 0 saturated heterocycles. The number of hydrogen-bond acceptors (Lipinski definition) is 6. The molecule has 3 aromatic carbocycles. The second-order valence-corrected chi connectivity index (χ2v) is 9.29. The van der Waals surface area contributed by atoms with Crippen LogP contribution in [0.1, 0.15) is 18.5 Å². The third-order valence-electron chi connectivity index (χ3n) is 5.27. The van der Waals surface area contributed by atoms with E-state index in [1.165, 1.54) is 32.4 Å². The highest BCUT2D eigenvalue weighted by molar-refractivity contribution is 7.92. The van der Waals surface area contributed by atoms with E-state index < -0.39 is 22.5 Å². The average Bonchev–Trinajstić information content (AvgIpc) is 2.87. The van der Waals surface area contributed by atoms with Gasteiger partial charge in [-0.25, -0.2) is 8.42 Å². The maximum Gasteiger partial charge on any atom is 0.264 e. The van der Waals surface area contributed by atoms with Crippen LogP contribution in [0.3, 0.4) is 0 Å². The van der Waals surface area contributed by atoms with Crippen molar-refractivity contribution >= 4 is 21.6 Å². The third kappa shape index (κ3) is 5.60. The van der Waals surface area contributed by atoms with Gasteiger partial charge in [0.05, 0.1) is 38.0 Å². The second-order valence-electron chi connectivity index (χ2n) is 7.42. The number of benzene rings is 3. The normalized spacial score (nSPS) is 11.9. The molecular weight excluding hydrogens is 456 g/mol. The van der Waals surface area contributed by atoms with Crippen LogP contribution in [0.15, 0.2) is 77.7 Å². The predicted molar refractivity (Wildman–Crippen MR) is 130 cm³/mol. The molecule has 3 aromatic rings. The molecule has 0 radical (unpaired) electrons. The number of sulfonamides is 1. The van der Waals surface area contributed by atoms with Gasteiger partial charge >= 0.3 is 0 Å². The van der Waals surface area contributed by atoms with Crippen LogP contribution in [0.5, 0.6) is 17.2 Å². The first kappa shape index (κ1) is 24.9. The van der Waals surface area contributed by atoms with E-state index in [9.17, 15) is 13.2 Å². The fourth-order valence-corrected chi connectivity index (χ4v) is 4.85. The smallest absolute Gasteiger partial charge is 0.264 e. The van der Waals surface area contributed by atoms with Crippen LogP contribution in [-0.2, 0) is 14.8 Å². The van der Waals surface area contributed by atoms with Crippen LogP contribution in [0, 0.1) is 0 Å². The maximum atomic E-state index is 13.6. The molecule has 0 bridgehead atoms. The molecule has 0 aliphatic heterocycles. The lowest BCUT2D eigenvalue weighted by Gasteiger charge is -2.26. The second kappa shape index (κ2) is 10.9. The summed E-state index contributed by atoms with van der Waals surface area (Å²) < 4.78 is 44.1. The molecular formula is C25H28N2O6S. The number of anilines is 1. The van der Waals surface area contributed by atoms with Crippen molar-refractivity contribution in [3.63, 3.8) is 0 Å². The molecule has 0 saturated carbocycles. The average molecular weight is 485 g/mol. The molecule has 0 heterocycles. The van der Waals surface area contributed by atoms with E-state index in [4.69, 9.17) is 14.2 Å². The topological polar surface area (TPSA) is 94.2 Å². The van der Waals surface area contributed by atoms with Crippen LogP contribution in [0.4, 0.5) is 5.69 Å². The maximum absolute atomic E-state index is 13.6. The summed E-state index contributed by atoms with van der Waals surface area (Å²) in [6, 6.07) is 19.6. The van der Waals surface area contributed by atoms with Crippen molar-refractivity contribution in [1.29, 1.82) is 0 Å². The summed E-state index contributed by atoms with van der Waals surface area (Å²) in [5.41, 5.74) is 1.04. The number of nitrogens with zero attached hydrogens (tertiary/aromatic N) is 1.